The lowest BCUT2D eigenvalue weighted by Gasteiger charge is -2.51. The molecule has 6 heteroatoms. The van der Waals surface area contributed by atoms with Gasteiger partial charge in [0, 0.05) is 24.3 Å². The maximum absolute atomic E-state index is 13.5. The summed E-state index contributed by atoms with van der Waals surface area (Å²) in [5.41, 5.74) is 4.45. The quantitative estimate of drug-likeness (QED) is 0.504. The van der Waals surface area contributed by atoms with Crippen molar-refractivity contribution in [3.8, 4) is 16.9 Å². The predicted molar refractivity (Wildman–Crippen MR) is 141 cm³/mol. The van der Waals surface area contributed by atoms with Crippen LogP contribution >= 0.6 is 0 Å². The first kappa shape index (κ1) is 24.0. The monoisotopic (exact) mass is 499 g/mol. The summed E-state index contributed by atoms with van der Waals surface area (Å²) < 4.78 is 17.8. The summed E-state index contributed by atoms with van der Waals surface area (Å²) in [6.07, 6.45) is 0.389. The number of benzene rings is 3. The van der Waals surface area contributed by atoms with E-state index in [0.717, 1.165) is 5.56 Å². The highest BCUT2D eigenvalue weighted by Crippen LogP contribution is 2.46. The highest BCUT2D eigenvalue weighted by molar-refractivity contribution is 5.79. The van der Waals surface area contributed by atoms with Crippen LogP contribution < -0.4 is 4.74 Å². The highest BCUT2D eigenvalue weighted by atomic mass is 16.6. The topological polar surface area (TPSA) is 68.2 Å². The predicted octanol–water partition coefficient (Wildman–Crippen LogP) is 5.47. The minimum atomic E-state index is -1.11. The van der Waals surface area contributed by atoms with Crippen molar-refractivity contribution in [3.63, 3.8) is 0 Å². The largest absolute Gasteiger partial charge is 0.491 e. The molecule has 3 aliphatic rings. The second-order valence-corrected chi connectivity index (χ2v) is 10.7. The Balaban J connectivity index is 1.21. The Morgan fingerprint density at radius 3 is 2.14 bits per heavy atom. The molecule has 1 N–H and O–H groups in total. The third-order valence-corrected chi connectivity index (χ3v) is 7.85. The zero-order chi connectivity index (χ0) is 25.6. The molecule has 192 valence electrons. The molecule has 1 aliphatic carbocycles. The summed E-state index contributed by atoms with van der Waals surface area (Å²) in [5, 5.41) is 11.8. The van der Waals surface area contributed by atoms with Crippen LogP contribution in [-0.2, 0) is 15.1 Å². The number of rotatable bonds is 5. The first-order valence-corrected chi connectivity index (χ1v) is 13.1. The van der Waals surface area contributed by atoms with Crippen LogP contribution in [0.4, 0.5) is 4.79 Å². The number of hydrogen-bond acceptors (Lipinski definition) is 5. The lowest BCUT2D eigenvalue weighted by molar-refractivity contribution is -0.137. The minimum absolute atomic E-state index is 0.00602. The minimum Gasteiger partial charge on any atom is -0.491 e. The van der Waals surface area contributed by atoms with Crippen molar-refractivity contribution in [2.45, 2.75) is 56.4 Å². The molecule has 37 heavy (non-hydrogen) atoms. The Morgan fingerprint density at radius 1 is 0.946 bits per heavy atom. The molecule has 3 aromatic rings. The normalized spacial score (nSPS) is 24.5. The van der Waals surface area contributed by atoms with Crippen LogP contribution in [0.15, 0.2) is 72.8 Å². The van der Waals surface area contributed by atoms with Crippen molar-refractivity contribution >= 4 is 6.09 Å². The average molecular weight is 500 g/mol. The third-order valence-electron chi connectivity index (χ3n) is 7.85. The average Bonchev–Trinajstić information content (AvgIpc) is 3.20. The van der Waals surface area contributed by atoms with Gasteiger partial charge in [0.1, 0.15) is 12.4 Å². The van der Waals surface area contributed by atoms with Gasteiger partial charge in [0.25, 0.3) is 0 Å². The summed E-state index contributed by atoms with van der Waals surface area (Å²) >= 11 is 0. The smallest absolute Gasteiger partial charge is 0.410 e. The maximum Gasteiger partial charge on any atom is 0.410 e. The van der Waals surface area contributed by atoms with Crippen LogP contribution in [0, 0.1) is 0 Å². The van der Waals surface area contributed by atoms with Gasteiger partial charge in [0.15, 0.2) is 0 Å². The first-order valence-electron chi connectivity index (χ1n) is 13.1. The molecule has 2 unspecified atom stereocenters. The van der Waals surface area contributed by atoms with Gasteiger partial charge < -0.3 is 19.3 Å². The number of amides is 1. The standard InChI is InChI=1S/C31H33NO5/c1-20(2)37-29-14-8-7-13-28(29)31(34)15-21-17-35-18-22(16-31)32(21)30(33)36-19-27-25-11-5-3-9-23(25)24-10-4-6-12-26(24)27/h3-14,20-22,27,34H,15-19H2,1-2H3. The van der Waals surface area contributed by atoms with E-state index in [0.29, 0.717) is 31.8 Å². The number of nitrogens with zero attached hydrogens (tertiary/aromatic N) is 1. The Bertz CT molecular complexity index is 1240. The molecule has 1 amide bonds. The highest BCUT2D eigenvalue weighted by Gasteiger charge is 2.50. The molecule has 2 saturated heterocycles. The van der Waals surface area contributed by atoms with Crippen molar-refractivity contribution in [1.29, 1.82) is 0 Å². The molecule has 2 fully saturated rings. The van der Waals surface area contributed by atoms with E-state index in [9.17, 15) is 9.90 Å². The number of morpholine rings is 1. The first-order chi connectivity index (χ1) is 17.9. The summed E-state index contributed by atoms with van der Waals surface area (Å²) in [4.78, 5) is 15.3. The Labute approximate surface area is 217 Å². The van der Waals surface area contributed by atoms with Crippen LogP contribution in [0.5, 0.6) is 5.75 Å². The molecule has 2 heterocycles. The molecule has 6 rings (SSSR count). The fourth-order valence-electron chi connectivity index (χ4n) is 6.37. The molecule has 0 spiro atoms. The van der Waals surface area contributed by atoms with E-state index < -0.39 is 5.60 Å². The second-order valence-electron chi connectivity index (χ2n) is 10.7. The number of piperidine rings is 1. The fraction of sp³-hybridized carbons (Fsp3) is 0.387. The molecule has 0 saturated carbocycles. The number of ether oxygens (including phenoxy) is 3. The number of hydrogen-bond donors (Lipinski definition) is 1. The third kappa shape index (κ3) is 4.28. The molecular weight excluding hydrogens is 466 g/mol. The zero-order valence-electron chi connectivity index (χ0n) is 21.3. The van der Waals surface area contributed by atoms with Gasteiger partial charge in [-0.1, -0.05) is 66.7 Å². The van der Waals surface area contributed by atoms with Gasteiger partial charge in [-0.2, -0.15) is 0 Å². The van der Waals surface area contributed by atoms with Gasteiger partial charge in [0.05, 0.1) is 37.0 Å². The summed E-state index contributed by atoms with van der Waals surface area (Å²) in [7, 11) is 0. The van der Waals surface area contributed by atoms with Crippen LogP contribution in [0.3, 0.4) is 0 Å². The van der Waals surface area contributed by atoms with Crippen LogP contribution in [0.2, 0.25) is 0 Å². The van der Waals surface area contributed by atoms with Gasteiger partial charge in [-0.3, -0.25) is 4.90 Å². The molecule has 2 atom stereocenters. The van der Waals surface area contributed by atoms with Crippen molar-refractivity contribution in [1.82, 2.24) is 4.90 Å². The van der Waals surface area contributed by atoms with Crippen molar-refractivity contribution < 1.29 is 24.1 Å². The van der Waals surface area contributed by atoms with Gasteiger partial charge >= 0.3 is 6.09 Å². The number of fused-ring (bicyclic) bond motifs is 5. The maximum atomic E-state index is 13.5. The van der Waals surface area contributed by atoms with Crippen molar-refractivity contribution in [2.75, 3.05) is 19.8 Å². The Hall–Kier alpha value is -3.35. The molecule has 0 radical (unpaired) electrons. The SMILES string of the molecule is CC(C)Oc1ccccc1C1(O)CC2COCC(C1)N2C(=O)OCC1c2ccccc2-c2ccccc21. The van der Waals surface area contributed by atoms with Crippen LogP contribution in [0.25, 0.3) is 11.1 Å². The van der Waals surface area contributed by atoms with E-state index in [4.69, 9.17) is 14.2 Å². The number of carbonyl (C=O) groups is 1. The lowest BCUT2D eigenvalue weighted by atomic mass is 9.76. The lowest BCUT2D eigenvalue weighted by Crippen LogP contribution is -2.62. The number of para-hydroxylation sites is 1. The molecule has 3 aromatic carbocycles. The van der Waals surface area contributed by atoms with E-state index in [1.807, 2.05) is 62.4 Å². The summed E-state index contributed by atoms with van der Waals surface area (Å²) in [5.74, 6) is 0.697. The van der Waals surface area contributed by atoms with E-state index in [2.05, 4.69) is 24.3 Å². The molecule has 6 nitrogen and oxygen atoms in total. The summed E-state index contributed by atoms with van der Waals surface area (Å²) in [6, 6.07) is 23.8. The fourth-order valence-corrected chi connectivity index (χ4v) is 6.37. The molecule has 2 bridgehead atoms. The van der Waals surface area contributed by atoms with Crippen molar-refractivity contribution in [2.24, 2.45) is 0 Å². The Kier molecular flexibility index (Phi) is 6.17. The molecular formula is C31H33NO5. The van der Waals surface area contributed by atoms with Crippen LogP contribution in [0.1, 0.15) is 49.3 Å². The van der Waals surface area contributed by atoms with Gasteiger partial charge in [-0.05, 0) is 42.2 Å². The van der Waals surface area contributed by atoms with Crippen LogP contribution in [-0.4, -0.2) is 54.1 Å². The number of carbonyl (C=O) groups excluding carboxylic acids is 1. The molecule has 0 aromatic heterocycles. The second kappa shape index (κ2) is 9.51. The van der Waals surface area contributed by atoms with Gasteiger partial charge in [0.2, 0.25) is 0 Å². The zero-order valence-corrected chi connectivity index (χ0v) is 21.3. The Morgan fingerprint density at radius 2 is 1.51 bits per heavy atom. The number of aliphatic hydroxyl groups is 1. The van der Waals surface area contributed by atoms with Crippen molar-refractivity contribution in [3.05, 3.63) is 89.5 Å². The van der Waals surface area contributed by atoms with E-state index >= 15 is 0 Å². The summed E-state index contributed by atoms with van der Waals surface area (Å²) in [6.45, 7) is 4.97. The van der Waals surface area contributed by atoms with Gasteiger partial charge in [-0.15, -0.1) is 0 Å². The van der Waals surface area contributed by atoms with E-state index in [-0.39, 0.29) is 36.8 Å². The van der Waals surface area contributed by atoms with E-state index in [1.165, 1.54) is 22.3 Å². The van der Waals surface area contributed by atoms with Gasteiger partial charge in [-0.25, -0.2) is 4.79 Å². The van der Waals surface area contributed by atoms with E-state index in [1.54, 1.807) is 4.90 Å². The molecule has 2 aliphatic heterocycles.